The van der Waals surface area contributed by atoms with Crippen LogP contribution in [0.2, 0.25) is 5.15 Å². The third-order valence-electron chi connectivity index (χ3n) is 4.36. The van der Waals surface area contributed by atoms with Gasteiger partial charge >= 0.3 is 0 Å². The van der Waals surface area contributed by atoms with Gasteiger partial charge in [0.2, 0.25) is 0 Å². The van der Waals surface area contributed by atoms with Crippen LogP contribution in [0.3, 0.4) is 0 Å². The molecule has 0 atom stereocenters. The number of halogens is 1. The van der Waals surface area contributed by atoms with Crippen molar-refractivity contribution in [2.24, 2.45) is 11.0 Å². The van der Waals surface area contributed by atoms with E-state index in [1.165, 1.54) is 6.21 Å². The Labute approximate surface area is 181 Å². The van der Waals surface area contributed by atoms with Gasteiger partial charge in [-0.25, -0.2) is 5.43 Å². The summed E-state index contributed by atoms with van der Waals surface area (Å²) in [7, 11) is 0. The number of carbonyl (C=O) groups excluding carboxylic acids is 1. The topological polar surface area (TPSA) is 68.5 Å². The maximum Gasteiger partial charge on any atom is 0.277 e. The molecule has 3 aromatic rings. The first-order valence-electron chi connectivity index (χ1n) is 9.77. The van der Waals surface area contributed by atoms with Crippen molar-refractivity contribution in [1.82, 2.24) is 15.2 Å². The van der Waals surface area contributed by atoms with Gasteiger partial charge < -0.3 is 4.74 Å². The summed E-state index contributed by atoms with van der Waals surface area (Å²) >= 11 is 6.36. The minimum atomic E-state index is -0.360. The molecule has 156 valence electrons. The van der Waals surface area contributed by atoms with Crippen LogP contribution >= 0.6 is 11.6 Å². The molecule has 0 saturated carbocycles. The monoisotopic (exact) mass is 424 g/mol. The van der Waals surface area contributed by atoms with Crippen molar-refractivity contribution in [1.29, 1.82) is 0 Å². The van der Waals surface area contributed by atoms with Crippen LogP contribution < -0.4 is 10.2 Å². The van der Waals surface area contributed by atoms with E-state index in [1.54, 1.807) is 4.68 Å². The van der Waals surface area contributed by atoms with Gasteiger partial charge in [-0.1, -0.05) is 67.9 Å². The smallest absolute Gasteiger partial charge is 0.277 e. The Morgan fingerprint density at radius 3 is 2.50 bits per heavy atom. The maximum absolute atomic E-state index is 12.0. The number of carbonyl (C=O) groups is 1. The van der Waals surface area contributed by atoms with Crippen molar-refractivity contribution in [3.8, 4) is 16.9 Å². The summed E-state index contributed by atoms with van der Waals surface area (Å²) in [5.74, 6) is 0.676. The number of amides is 1. The predicted octanol–water partition coefficient (Wildman–Crippen LogP) is 4.70. The lowest BCUT2D eigenvalue weighted by molar-refractivity contribution is -0.123. The number of aromatic nitrogens is 2. The molecule has 0 fully saturated rings. The van der Waals surface area contributed by atoms with Gasteiger partial charge in [0, 0.05) is 6.54 Å². The zero-order valence-corrected chi connectivity index (χ0v) is 18.1. The molecule has 0 saturated heterocycles. The van der Waals surface area contributed by atoms with Crippen LogP contribution in [-0.2, 0) is 11.3 Å². The van der Waals surface area contributed by atoms with Gasteiger partial charge in [-0.3, -0.25) is 9.48 Å². The third-order valence-corrected chi connectivity index (χ3v) is 4.76. The lowest BCUT2D eigenvalue weighted by Crippen LogP contribution is -2.24. The molecule has 1 amide bonds. The molecule has 2 aromatic carbocycles. The number of hydrogen-bond acceptors (Lipinski definition) is 4. The molecule has 30 heavy (non-hydrogen) atoms. The minimum absolute atomic E-state index is 0.138. The molecule has 3 rings (SSSR count). The molecular formula is C23H25ClN4O2. The van der Waals surface area contributed by atoms with Crippen molar-refractivity contribution >= 4 is 23.7 Å². The summed E-state index contributed by atoms with van der Waals surface area (Å²) in [4.78, 5) is 12.0. The fourth-order valence-corrected chi connectivity index (χ4v) is 3.20. The van der Waals surface area contributed by atoms with E-state index < -0.39 is 0 Å². The zero-order chi connectivity index (χ0) is 21.5. The van der Waals surface area contributed by atoms with E-state index in [0.717, 1.165) is 23.4 Å². The van der Waals surface area contributed by atoms with Gasteiger partial charge in [-0.05, 0) is 36.1 Å². The van der Waals surface area contributed by atoms with E-state index in [2.05, 4.69) is 29.5 Å². The number of hydrogen-bond donors (Lipinski definition) is 1. The quantitative estimate of drug-likeness (QED) is 0.421. The van der Waals surface area contributed by atoms with Crippen molar-refractivity contribution in [2.45, 2.75) is 27.3 Å². The number of nitrogens with zero attached hydrogens (tertiary/aromatic N) is 3. The first-order valence-corrected chi connectivity index (χ1v) is 10.1. The van der Waals surface area contributed by atoms with Gasteiger partial charge in [-0.15, -0.1) is 0 Å². The van der Waals surface area contributed by atoms with E-state index in [-0.39, 0.29) is 12.5 Å². The molecule has 1 aromatic heterocycles. The van der Waals surface area contributed by atoms with Gasteiger partial charge in [0.1, 0.15) is 10.9 Å². The average molecular weight is 425 g/mol. The Hall–Kier alpha value is -3.12. The predicted molar refractivity (Wildman–Crippen MR) is 120 cm³/mol. The first-order chi connectivity index (χ1) is 14.4. The summed E-state index contributed by atoms with van der Waals surface area (Å²) in [6.45, 7) is 6.62. The molecule has 0 aliphatic carbocycles. The number of nitrogens with one attached hydrogen (secondary N) is 1. The SMILES string of the molecule is Cc1nn(CC(C)C)c(Cl)c1/C=N\NC(=O)COc1ccc(-c2ccccc2)cc1. The molecule has 1 N–H and O–H groups in total. The average Bonchev–Trinajstić information content (AvgIpc) is 3.00. The zero-order valence-electron chi connectivity index (χ0n) is 17.3. The fourth-order valence-electron chi connectivity index (χ4n) is 2.90. The summed E-state index contributed by atoms with van der Waals surface area (Å²) in [6.07, 6.45) is 1.51. The van der Waals surface area contributed by atoms with Gasteiger partial charge in [-0.2, -0.15) is 10.2 Å². The molecular weight excluding hydrogens is 400 g/mol. The largest absolute Gasteiger partial charge is 0.484 e. The normalized spacial score (nSPS) is 11.2. The number of hydrazone groups is 1. The van der Waals surface area contributed by atoms with Crippen LogP contribution in [0.5, 0.6) is 5.75 Å². The second-order valence-electron chi connectivity index (χ2n) is 7.34. The summed E-state index contributed by atoms with van der Waals surface area (Å²) < 4.78 is 7.27. The molecule has 0 bridgehead atoms. The molecule has 0 aliphatic rings. The van der Waals surface area contributed by atoms with Crippen LogP contribution in [0.4, 0.5) is 0 Å². The number of ether oxygens (including phenoxy) is 1. The second kappa shape index (κ2) is 10.1. The fraction of sp³-hybridized carbons (Fsp3) is 0.261. The maximum atomic E-state index is 12.0. The van der Waals surface area contributed by atoms with E-state index in [0.29, 0.717) is 22.4 Å². The van der Waals surface area contributed by atoms with Gasteiger partial charge in [0.25, 0.3) is 5.91 Å². The highest BCUT2D eigenvalue weighted by atomic mass is 35.5. The highest BCUT2D eigenvalue weighted by Gasteiger charge is 2.12. The molecule has 1 heterocycles. The lowest BCUT2D eigenvalue weighted by atomic mass is 10.1. The Balaban J connectivity index is 1.51. The number of benzene rings is 2. The molecule has 0 unspecified atom stereocenters. The van der Waals surface area contributed by atoms with Crippen molar-refractivity contribution in [2.75, 3.05) is 6.61 Å². The lowest BCUT2D eigenvalue weighted by Gasteiger charge is -2.07. The van der Waals surface area contributed by atoms with Crippen molar-refractivity contribution in [3.63, 3.8) is 0 Å². The number of rotatable bonds is 8. The molecule has 6 nitrogen and oxygen atoms in total. The van der Waals surface area contributed by atoms with E-state index in [1.807, 2.05) is 61.5 Å². The third kappa shape index (κ3) is 5.70. The van der Waals surface area contributed by atoms with Crippen LogP contribution in [0.1, 0.15) is 25.1 Å². The Morgan fingerprint density at radius 1 is 1.17 bits per heavy atom. The Bertz CT molecular complexity index is 1010. The van der Waals surface area contributed by atoms with E-state index >= 15 is 0 Å². The van der Waals surface area contributed by atoms with E-state index in [4.69, 9.17) is 16.3 Å². The molecule has 0 radical (unpaired) electrons. The van der Waals surface area contributed by atoms with Crippen molar-refractivity contribution in [3.05, 3.63) is 71.0 Å². The molecule has 0 aliphatic heterocycles. The molecule has 0 spiro atoms. The summed E-state index contributed by atoms with van der Waals surface area (Å²) in [6, 6.07) is 17.7. The molecule has 7 heteroatoms. The summed E-state index contributed by atoms with van der Waals surface area (Å²) in [5, 5.41) is 8.90. The highest BCUT2D eigenvalue weighted by Crippen LogP contribution is 2.22. The van der Waals surface area contributed by atoms with Crippen LogP contribution in [0.15, 0.2) is 59.7 Å². The highest BCUT2D eigenvalue weighted by molar-refractivity contribution is 6.32. The number of aryl methyl sites for hydroxylation is 1. The second-order valence-corrected chi connectivity index (χ2v) is 7.70. The van der Waals surface area contributed by atoms with Crippen molar-refractivity contribution < 1.29 is 9.53 Å². The Kier molecular flexibility index (Phi) is 7.25. The minimum Gasteiger partial charge on any atom is -0.484 e. The van der Waals surface area contributed by atoms with Crippen LogP contribution in [0, 0.1) is 12.8 Å². The van der Waals surface area contributed by atoms with Crippen LogP contribution in [-0.4, -0.2) is 28.5 Å². The Morgan fingerprint density at radius 2 is 1.83 bits per heavy atom. The van der Waals surface area contributed by atoms with Crippen LogP contribution in [0.25, 0.3) is 11.1 Å². The van der Waals surface area contributed by atoms with E-state index in [9.17, 15) is 4.79 Å². The standard InChI is InChI=1S/C23H25ClN4O2/c1-16(2)14-28-23(24)21(17(3)27-28)13-25-26-22(29)15-30-20-11-9-19(10-12-20)18-7-5-4-6-8-18/h4-13,16H,14-15H2,1-3H3,(H,26,29)/b25-13-. The van der Waals surface area contributed by atoms with Gasteiger partial charge in [0.15, 0.2) is 6.61 Å². The van der Waals surface area contributed by atoms with Gasteiger partial charge in [0.05, 0.1) is 17.5 Å². The summed E-state index contributed by atoms with van der Waals surface area (Å²) in [5.41, 5.74) is 6.11. The first kappa shape index (κ1) is 21.6.